The molecule has 0 atom stereocenters. The maximum atomic E-state index is 5.94. The van der Waals surface area contributed by atoms with E-state index in [2.05, 4.69) is 23.6 Å². The summed E-state index contributed by atoms with van der Waals surface area (Å²) in [6.45, 7) is 5.81. The zero-order valence-electron chi connectivity index (χ0n) is 9.71. The van der Waals surface area contributed by atoms with Gasteiger partial charge in [0.25, 0.3) is 0 Å². The summed E-state index contributed by atoms with van der Waals surface area (Å²) in [5.74, 6) is 2.14. The fourth-order valence-electron chi connectivity index (χ4n) is 1.43. The minimum absolute atomic E-state index is 0.779. The van der Waals surface area contributed by atoms with E-state index in [1.807, 2.05) is 23.4 Å². The molecule has 5 heteroatoms. The van der Waals surface area contributed by atoms with E-state index in [9.17, 15) is 0 Å². The van der Waals surface area contributed by atoms with Crippen LogP contribution in [0, 0.1) is 6.92 Å². The van der Waals surface area contributed by atoms with Crippen LogP contribution in [0.3, 0.4) is 0 Å². The highest BCUT2D eigenvalue weighted by Gasteiger charge is 2.09. The molecule has 4 nitrogen and oxygen atoms in total. The Hall–Kier alpha value is -0.840. The molecule has 0 saturated heterocycles. The highest BCUT2D eigenvalue weighted by molar-refractivity contribution is 7.98. The Morgan fingerprint density at radius 1 is 1.53 bits per heavy atom. The molecule has 0 spiro atoms. The van der Waals surface area contributed by atoms with Gasteiger partial charge in [-0.3, -0.25) is 0 Å². The van der Waals surface area contributed by atoms with Crippen LogP contribution < -0.4 is 11.1 Å². The molecule has 1 heterocycles. The number of anilines is 2. The molecule has 86 valence electrons. The first-order chi connectivity index (χ1) is 7.20. The Bertz CT molecular complexity index is 309. The second-order valence-corrected chi connectivity index (χ2v) is 4.42. The number of rotatable bonds is 6. The van der Waals surface area contributed by atoms with Crippen molar-refractivity contribution in [2.24, 2.45) is 0 Å². The first-order valence-corrected chi connectivity index (χ1v) is 6.65. The largest absolute Gasteiger partial charge is 0.394 e. The molecule has 0 aliphatic rings. The predicted molar refractivity (Wildman–Crippen MR) is 68.5 cm³/mol. The van der Waals surface area contributed by atoms with Crippen LogP contribution in [0.2, 0.25) is 0 Å². The number of thioether (sulfide) groups is 1. The molecule has 1 aromatic heterocycles. The average Bonchev–Trinajstić information content (AvgIpc) is 2.51. The molecule has 0 unspecified atom stereocenters. The number of nitrogens with two attached hydrogens (primary N) is 1. The van der Waals surface area contributed by atoms with E-state index >= 15 is 0 Å². The second kappa shape index (κ2) is 5.90. The van der Waals surface area contributed by atoms with Crippen molar-refractivity contribution in [1.82, 2.24) is 9.78 Å². The maximum Gasteiger partial charge on any atom is 0.148 e. The normalized spacial score (nSPS) is 10.6. The van der Waals surface area contributed by atoms with Gasteiger partial charge in [-0.05, 0) is 32.3 Å². The highest BCUT2D eigenvalue weighted by atomic mass is 32.2. The Labute approximate surface area is 95.6 Å². The summed E-state index contributed by atoms with van der Waals surface area (Å²) in [6, 6.07) is 0. The summed E-state index contributed by atoms with van der Waals surface area (Å²) in [4.78, 5) is 0. The van der Waals surface area contributed by atoms with Crippen molar-refractivity contribution in [1.29, 1.82) is 0 Å². The molecule has 0 radical (unpaired) electrons. The third kappa shape index (κ3) is 3.06. The quantitative estimate of drug-likeness (QED) is 0.731. The number of aryl methyl sites for hydroxylation is 2. The minimum atomic E-state index is 0.779. The van der Waals surface area contributed by atoms with E-state index in [1.54, 1.807) is 0 Å². The SMILES string of the molecule is CCn1nc(C)c(N)c1NCCCSC. The molecular weight excluding hydrogens is 208 g/mol. The highest BCUT2D eigenvalue weighted by Crippen LogP contribution is 2.21. The van der Waals surface area contributed by atoms with E-state index in [0.29, 0.717) is 0 Å². The van der Waals surface area contributed by atoms with Crippen LogP contribution in [0.15, 0.2) is 0 Å². The molecule has 0 bridgehead atoms. The van der Waals surface area contributed by atoms with Gasteiger partial charge in [0.05, 0.1) is 11.4 Å². The third-order valence-electron chi connectivity index (χ3n) is 2.29. The average molecular weight is 228 g/mol. The molecule has 0 aliphatic heterocycles. The number of nitrogen functional groups attached to an aromatic ring is 1. The van der Waals surface area contributed by atoms with Gasteiger partial charge in [0.15, 0.2) is 0 Å². The third-order valence-corrected chi connectivity index (χ3v) is 2.99. The van der Waals surface area contributed by atoms with Gasteiger partial charge in [0.2, 0.25) is 0 Å². The molecule has 1 rings (SSSR count). The van der Waals surface area contributed by atoms with Gasteiger partial charge in [0.1, 0.15) is 5.82 Å². The first kappa shape index (κ1) is 12.2. The number of aromatic nitrogens is 2. The summed E-state index contributed by atoms with van der Waals surface area (Å²) in [5, 5.41) is 7.70. The smallest absolute Gasteiger partial charge is 0.148 e. The Balaban J connectivity index is 2.58. The van der Waals surface area contributed by atoms with Crippen molar-refractivity contribution < 1.29 is 0 Å². The van der Waals surface area contributed by atoms with Crippen molar-refractivity contribution >= 4 is 23.3 Å². The zero-order valence-corrected chi connectivity index (χ0v) is 10.5. The van der Waals surface area contributed by atoms with Gasteiger partial charge < -0.3 is 11.1 Å². The van der Waals surface area contributed by atoms with Crippen LogP contribution in [0.4, 0.5) is 11.5 Å². The van der Waals surface area contributed by atoms with Gasteiger partial charge in [-0.25, -0.2) is 4.68 Å². The molecule has 15 heavy (non-hydrogen) atoms. The van der Waals surface area contributed by atoms with Gasteiger partial charge in [0, 0.05) is 13.1 Å². The van der Waals surface area contributed by atoms with Crippen LogP contribution in [-0.2, 0) is 6.54 Å². The van der Waals surface area contributed by atoms with Crippen LogP contribution >= 0.6 is 11.8 Å². The minimum Gasteiger partial charge on any atom is -0.394 e. The molecule has 0 fully saturated rings. The molecule has 0 aliphatic carbocycles. The van der Waals surface area contributed by atoms with Crippen molar-refractivity contribution in [3.63, 3.8) is 0 Å². The fraction of sp³-hybridized carbons (Fsp3) is 0.700. The summed E-state index contributed by atoms with van der Waals surface area (Å²) in [6.07, 6.45) is 3.27. The molecule has 3 N–H and O–H groups in total. The van der Waals surface area contributed by atoms with Crippen LogP contribution in [0.1, 0.15) is 19.0 Å². The Morgan fingerprint density at radius 3 is 2.87 bits per heavy atom. The van der Waals surface area contributed by atoms with E-state index in [4.69, 9.17) is 5.73 Å². The van der Waals surface area contributed by atoms with Crippen LogP contribution in [0.25, 0.3) is 0 Å². The van der Waals surface area contributed by atoms with Gasteiger partial charge >= 0.3 is 0 Å². The molecule has 0 aromatic carbocycles. The van der Waals surface area contributed by atoms with Crippen molar-refractivity contribution in [2.75, 3.05) is 29.6 Å². The van der Waals surface area contributed by atoms with E-state index < -0.39 is 0 Å². The molecule has 0 saturated carbocycles. The molecule has 1 aromatic rings. The number of hydrogen-bond donors (Lipinski definition) is 2. The lowest BCUT2D eigenvalue weighted by molar-refractivity contribution is 0.657. The standard InChI is InChI=1S/C10H20N4S/c1-4-14-10(9(11)8(2)13-14)12-6-5-7-15-3/h12H,4-7,11H2,1-3H3. The van der Waals surface area contributed by atoms with E-state index in [0.717, 1.165) is 36.7 Å². The summed E-state index contributed by atoms with van der Waals surface area (Å²) in [7, 11) is 0. The molecule has 0 amide bonds. The monoisotopic (exact) mass is 228 g/mol. The first-order valence-electron chi connectivity index (χ1n) is 5.26. The predicted octanol–water partition coefficient (Wildman–Crippen LogP) is 1.96. The second-order valence-electron chi connectivity index (χ2n) is 3.44. The summed E-state index contributed by atoms with van der Waals surface area (Å²) < 4.78 is 1.92. The summed E-state index contributed by atoms with van der Waals surface area (Å²) >= 11 is 1.86. The van der Waals surface area contributed by atoms with Gasteiger partial charge in [-0.2, -0.15) is 16.9 Å². The van der Waals surface area contributed by atoms with Crippen LogP contribution in [0.5, 0.6) is 0 Å². The zero-order chi connectivity index (χ0) is 11.3. The maximum absolute atomic E-state index is 5.94. The lowest BCUT2D eigenvalue weighted by Gasteiger charge is -2.08. The van der Waals surface area contributed by atoms with Gasteiger partial charge in [-0.15, -0.1) is 0 Å². The topological polar surface area (TPSA) is 55.9 Å². The summed E-state index contributed by atoms with van der Waals surface area (Å²) in [5.41, 5.74) is 7.63. The van der Waals surface area contributed by atoms with E-state index in [1.165, 1.54) is 5.75 Å². The lowest BCUT2D eigenvalue weighted by Crippen LogP contribution is -2.10. The fourth-order valence-corrected chi connectivity index (χ4v) is 1.87. The van der Waals surface area contributed by atoms with E-state index in [-0.39, 0.29) is 0 Å². The molecular formula is C10H20N4S. The number of nitrogens with one attached hydrogen (secondary N) is 1. The number of hydrogen-bond acceptors (Lipinski definition) is 4. The van der Waals surface area contributed by atoms with Crippen molar-refractivity contribution in [2.45, 2.75) is 26.8 Å². The Kier molecular flexibility index (Phi) is 4.81. The van der Waals surface area contributed by atoms with Crippen LogP contribution in [-0.4, -0.2) is 28.3 Å². The number of nitrogens with zero attached hydrogens (tertiary/aromatic N) is 2. The Morgan fingerprint density at radius 2 is 2.27 bits per heavy atom. The van der Waals surface area contributed by atoms with Crippen molar-refractivity contribution in [3.8, 4) is 0 Å². The lowest BCUT2D eigenvalue weighted by atomic mass is 10.4. The van der Waals surface area contributed by atoms with Crippen molar-refractivity contribution in [3.05, 3.63) is 5.69 Å². The van der Waals surface area contributed by atoms with Gasteiger partial charge in [-0.1, -0.05) is 0 Å².